The molecule has 0 saturated heterocycles. The first kappa shape index (κ1) is 18.0. The molecule has 6 heteroatoms. The summed E-state index contributed by atoms with van der Waals surface area (Å²) in [5.41, 5.74) is 2.29. The summed E-state index contributed by atoms with van der Waals surface area (Å²) in [5, 5.41) is 2.88. The minimum absolute atomic E-state index is 0.156. The molecule has 0 aliphatic rings. The van der Waals surface area contributed by atoms with Gasteiger partial charge in [0.2, 0.25) is 10.0 Å². The second-order valence-electron chi connectivity index (χ2n) is 5.62. The molecule has 0 aliphatic carbocycles. The van der Waals surface area contributed by atoms with Crippen molar-refractivity contribution in [3.8, 4) is 0 Å². The van der Waals surface area contributed by atoms with Gasteiger partial charge in [-0.2, -0.15) is 0 Å². The molecule has 1 N–H and O–H groups in total. The van der Waals surface area contributed by atoms with Crippen LogP contribution < -0.4 is 9.62 Å². The van der Waals surface area contributed by atoms with Crippen LogP contribution in [0.25, 0.3) is 0 Å². The highest BCUT2D eigenvalue weighted by Crippen LogP contribution is 2.16. The predicted octanol–water partition coefficient (Wildman–Crippen LogP) is 2.45. The molecule has 2 aromatic rings. The van der Waals surface area contributed by atoms with Gasteiger partial charge in [-0.3, -0.25) is 9.10 Å². The van der Waals surface area contributed by atoms with Crippen molar-refractivity contribution in [2.45, 2.75) is 12.8 Å². The molecule has 0 radical (unpaired) electrons. The van der Waals surface area contributed by atoms with E-state index < -0.39 is 10.0 Å². The van der Waals surface area contributed by atoms with Gasteiger partial charge in [0.15, 0.2) is 0 Å². The van der Waals surface area contributed by atoms with E-state index in [1.165, 1.54) is 16.9 Å². The number of amides is 1. The topological polar surface area (TPSA) is 66.5 Å². The van der Waals surface area contributed by atoms with Crippen LogP contribution in [-0.4, -0.2) is 34.2 Å². The first-order chi connectivity index (χ1) is 11.4. The molecule has 1 amide bonds. The molecular formula is C18H22N2O3S. The highest BCUT2D eigenvalue weighted by molar-refractivity contribution is 7.92. The third-order valence-electron chi connectivity index (χ3n) is 3.76. The van der Waals surface area contributed by atoms with Gasteiger partial charge < -0.3 is 5.32 Å². The molecule has 0 aliphatic heterocycles. The number of aryl methyl sites for hydroxylation is 1. The molecule has 128 valence electrons. The number of anilines is 1. The number of benzene rings is 2. The van der Waals surface area contributed by atoms with Crippen molar-refractivity contribution >= 4 is 21.6 Å². The van der Waals surface area contributed by atoms with Crippen molar-refractivity contribution in [2.75, 3.05) is 24.2 Å². The Morgan fingerprint density at radius 3 is 2.25 bits per heavy atom. The van der Waals surface area contributed by atoms with Gasteiger partial charge in [0, 0.05) is 19.2 Å². The molecule has 2 rings (SSSR count). The molecule has 24 heavy (non-hydrogen) atoms. The summed E-state index contributed by atoms with van der Waals surface area (Å²) >= 11 is 0. The number of carbonyl (C=O) groups excluding carboxylic acids is 1. The molecule has 2 aromatic carbocycles. The standard InChI is InChI=1S/C18H22N2O3S/c1-20(24(2,22)23)17-12-10-16(11-13-17)18(21)19-14-6-9-15-7-4-3-5-8-15/h3-5,7-8,10-13H,6,9,14H2,1-2H3,(H,19,21). The lowest BCUT2D eigenvalue weighted by Crippen LogP contribution is -2.26. The first-order valence-corrected chi connectivity index (χ1v) is 9.59. The van der Waals surface area contributed by atoms with Crippen molar-refractivity contribution in [3.05, 3.63) is 65.7 Å². The molecule has 0 saturated carbocycles. The molecule has 0 bridgehead atoms. The number of rotatable bonds is 7. The summed E-state index contributed by atoms with van der Waals surface area (Å²) in [4.78, 5) is 12.1. The number of carbonyl (C=O) groups is 1. The molecule has 0 aromatic heterocycles. The number of hydrogen-bond acceptors (Lipinski definition) is 3. The summed E-state index contributed by atoms with van der Waals surface area (Å²) < 4.78 is 24.2. The number of sulfonamides is 1. The normalized spacial score (nSPS) is 11.1. The largest absolute Gasteiger partial charge is 0.352 e. The van der Waals surface area contributed by atoms with E-state index in [0.717, 1.165) is 19.1 Å². The number of nitrogens with one attached hydrogen (secondary N) is 1. The van der Waals surface area contributed by atoms with E-state index in [1.54, 1.807) is 24.3 Å². The lowest BCUT2D eigenvalue weighted by molar-refractivity contribution is 0.0953. The van der Waals surface area contributed by atoms with E-state index in [-0.39, 0.29) is 5.91 Å². The van der Waals surface area contributed by atoms with Crippen molar-refractivity contribution < 1.29 is 13.2 Å². The van der Waals surface area contributed by atoms with Crippen LogP contribution in [0.15, 0.2) is 54.6 Å². The van der Waals surface area contributed by atoms with Crippen molar-refractivity contribution in [1.82, 2.24) is 5.32 Å². The summed E-state index contributed by atoms with van der Waals surface area (Å²) in [7, 11) is -1.82. The van der Waals surface area contributed by atoms with Crippen molar-refractivity contribution in [1.29, 1.82) is 0 Å². The maximum absolute atomic E-state index is 12.1. The molecule has 0 heterocycles. The van der Waals surface area contributed by atoms with E-state index in [0.29, 0.717) is 17.8 Å². The summed E-state index contributed by atoms with van der Waals surface area (Å²) in [6.07, 6.45) is 2.92. The SMILES string of the molecule is CN(c1ccc(C(=O)NCCCc2ccccc2)cc1)S(C)(=O)=O. The fraction of sp³-hybridized carbons (Fsp3) is 0.278. The Morgan fingerprint density at radius 1 is 1.04 bits per heavy atom. The smallest absolute Gasteiger partial charge is 0.251 e. The van der Waals surface area contributed by atoms with Crippen molar-refractivity contribution in [2.24, 2.45) is 0 Å². The van der Waals surface area contributed by atoms with Gasteiger partial charge in [-0.25, -0.2) is 8.42 Å². The Kier molecular flexibility index (Phi) is 5.98. The highest BCUT2D eigenvalue weighted by Gasteiger charge is 2.12. The van der Waals surface area contributed by atoms with Gasteiger partial charge in [0.05, 0.1) is 11.9 Å². The molecule has 0 spiro atoms. The fourth-order valence-corrected chi connectivity index (χ4v) is 2.76. The Bertz CT molecular complexity index is 772. The molecule has 0 fully saturated rings. The second kappa shape index (κ2) is 7.97. The van der Waals surface area contributed by atoms with Crippen LogP contribution in [0.1, 0.15) is 22.3 Å². The Balaban J connectivity index is 1.84. The highest BCUT2D eigenvalue weighted by atomic mass is 32.2. The van der Waals surface area contributed by atoms with Crippen LogP contribution in [0.5, 0.6) is 0 Å². The minimum Gasteiger partial charge on any atom is -0.352 e. The Hall–Kier alpha value is -2.34. The monoisotopic (exact) mass is 346 g/mol. The zero-order chi connectivity index (χ0) is 17.6. The van der Waals surface area contributed by atoms with E-state index in [4.69, 9.17) is 0 Å². The van der Waals surface area contributed by atoms with Crippen LogP contribution in [0.4, 0.5) is 5.69 Å². The average Bonchev–Trinajstić information content (AvgIpc) is 2.58. The van der Waals surface area contributed by atoms with Gasteiger partial charge in [0.1, 0.15) is 0 Å². The zero-order valence-corrected chi connectivity index (χ0v) is 14.7. The predicted molar refractivity (Wildman–Crippen MR) is 96.8 cm³/mol. The van der Waals surface area contributed by atoms with Crippen LogP contribution in [0, 0.1) is 0 Å². The summed E-state index contributed by atoms with van der Waals surface area (Å²) in [5.74, 6) is -0.156. The molecule has 0 unspecified atom stereocenters. The lowest BCUT2D eigenvalue weighted by Gasteiger charge is -2.16. The van der Waals surface area contributed by atoms with Crippen LogP contribution in [-0.2, 0) is 16.4 Å². The van der Waals surface area contributed by atoms with Crippen LogP contribution >= 0.6 is 0 Å². The minimum atomic E-state index is -3.30. The van der Waals surface area contributed by atoms with E-state index >= 15 is 0 Å². The maximum Gasteiger partial charge on any atom is 0.251 e. The molecule has 0 atom stereocenters. The number of nitrogens with zero attached hydrogens (tertiary/aromatic N) is 1. The number of hydrogen-bond donors (Lipinski definition) is 1. The van der Waals surface area contributed by atoms with Crippen LogP contribution in [0.3, 0.4) is 0 Å². The quantitative estimate of drug-likeness (QED) is 0.783. The van der Waals surface area contributed by atoms with E-state index in [1.807, 2.05) is 18.2 Å². The van der Waals surface area contributed by atoms with E-state index in [2.05, 4.69) is 17.4 Å². The molecular weight excluding hydrogens is 324 g/mol. The molecule has 5 nitrogen and oxygen atoms in total. The summed E-state index contributed by atoms with van der Waals surface area (Å²) in [6.45, 7) is 0.596. The Labute approximate surface area is 143 Å². The third kappa shape index (κ3) is 5.09. The van der Waals surface area contributed by atoms with Gasteiger partial charge >= 0.3 is 0 Å². The maximum atomic E-state index is 12.1. The van der Waals surface area contributed by atoms with Gasteiger partial charge in [-0.05, 0) is 42.7 Å². The van der Waals surface area contributed by atoms with Gasteiger partial charge in [-0.15, -0.1) is 0 Å². The fourth-order valence-electron chi connectivity index (χ4n) is 2.26. The van der Waals surface area contributed by atoms with Crippen molar-refractivity contribution in [3.63, 3.8) is 0 Å². The Morgan fingerprint density at radius 2 is 1.67 bits per heavy atom. The van der Waals surface area contributed by atoms with E-state index in [9.17, 15) is 13.2 Å². The average molecular weight is 346 g/mol. The zero-order valence-electron chi connectivity index (χ0n) is 13.9. The summed E-state index contributed by atoms with van der Waals surface area (Å²) in [6, 6.07) is 16.6. The van der Waals surface area contributed by atoms with Crippen LogP contribution in [0.2, 0.25) is 0 Å². The lowest BCUT2D eigenvalue weighted by atomic mass is 10.1. The second-order valence-corrected chi connectivity index (χ2v) is 7.64. The first-order valence-electron chi connectivity index (χ1n) is 7.74. The van der Waals surface area contributed by atoms with Gasteiger partial charge in [0.25, 0.3) is 5.91 Å². The third-order valence-corrected chi connectivity index (χ3v) is 4.97. The van der Waals surface area contributed by atoms with Gasteiger partial charge in [-0.1, -0.05) is 30.3 Å².